The van der Waals surface area contributed by atoms with Crippen molar-refractivity contribution in [2.24, 2.45) is 7.05 Å². The molecule has 0 saturated carbocycles. The van der Waals surface area contributed by atoms with Gasteiger partial charge in [0, 0.05) is 13.5 Å². The molecule has 1 heterocycles. The second kappa shape index (κ2) is 4.69. The number of rotatable bonds is 3. The molecule has 17 heavy (non-hydrogen) atoms. The maximum atomic E-state index is 8.98. The van der Waals surface area contributed by atoms with E-state index in [1.165, 1.54) is 0 Å². The van der Waals surface area contributed by atoms with Gasteiger partial charge in [-0.15, -0.1) is 0 Å². The highest BCUT2D eigenvalue weighted by molar-refractivity contribution is 6.58. The highest BCUT2D eigenvalue weighted by Gasteiger charge is 2.10. The van der Waals surface area contributed by atoms with Gasteiger partial charge in [-0.2, -0.15) is 5.10 Å². The van der Waals surface area contributed by atoms with Crippen LogP contribution in [0, 0.1) is 6.92 Å². The van der Waals surface area contributed by atoms with Crippen molar-refractivity contribution in [3.05, 3.63) is 41.5 Å². The van der Waals surface area contributed by atoms with Gasteiger partial charge in [0.05, 0.1) is 0 Å². The lowest BCUT2D eigenvalue weighted by Gasteiger charge is -2.03. The Balaban J connectivity index is 2.16. The molecule has 88 valence electrons. The van der Waals surface area contributed by atoms with Gasteiger partial charge < -0.3 is 10.0 Å². The van der Waals surface area contributed by atoms with Crippen LogP contribution in [0.15, 0.2) is 24.3 Å². The van der Waals surface area contributed by atoms with Crippen LogP contribution in [0.2, 0.25) is 0 Å². The molecule has 0 bridgehead atoms. The summed E-state index contributed by atoms with van der Waals surface area (Å²) in [5, 5.41) is 22.1. The number of nitrogens with zero attached hydrogens (tertiary/aromatic N) is 3. The maximum absolute atomic E-state index is 8.98. The first kappa shape index (κ1) is 11.8. The van der Waals surface area contributed by atoms with E-state index >= 15 is 0 Å². The number of aromatic nitrogens is 3. The SMILES string of the molecule is Cc1nc(Cc2ccc(B(O)O)cc2)n(C)n1. The minimum absolute atomic E-state index is 0.489. The normalized spacial score (nSPS) is 10.6. The van der Waals surface area contributed by atoms with Crippen molar-refractivity contribution in [2.75, 3.05) is 0 Å². The van der Waals surface area contributed by atoms with Gasteiger partial charge in [0.2, 0.25) is 0 Å². The van der Waals surface area contributed by atoms with Gasteiger partial charge in [0.1, 0.15) is 11.6 Å². The van der Waals surface area contributed by atoms with Crippen LogP contribution in [-0.2, 0) is 13.5 Å². The molecule has 2 rings (SSSR count). The first-order chi connectivity index (χ1) is 8.06. The Bertz CT molecular complexity index is 508. The summed E-state index contributed by atoms with van der Waals surface area (Å²) in [6.07, 6.45) is 0.680. The Morgan fingerprint density at radius 1 is 1.24 bits per heavy atom. The van der Waals surface area contributed by atoms with E-state index in [-0.39, 0.29) is 0 Å². The van der Waals surface area contributed by atoms with Crippen molar-refractivity contribution in [3.63, 3.8) is 0 Å². The highest BCUT2D eigenvalue weighted by Crippen LogP contribution is 2.06. The Morgan fingerprint density at radius 2 is 1.88 bits per heavy atom. The van der Waals surface area contributed by atoms with Gasteiger partial charge in [-0.1, -0.05) is 24.3 Å². The molecular weight excluding hydrogens is 217 g/mol. The van der Waals surface area contributed by atoms with Crippen molar-refractivity contribution >= 4 is 12.6 Å². The molecule has 0 radical (unpaired) electrons. The van der Waals surface area contributed by atoms with Gasteiger partial charge >= 0.3 is 7.12 Å². The average molecular weight is 231 g/mol. The maximum Gasteiger partial charge on any atom is 0.488 e. The van der Waals surface area contributed by atoms with E-state index in [4.69, 9.17) is 10.0 Å². The third kappa shape index (κ3) is 2.72. The van der Waals surface area contributed by atoms with Crippen molar-refractivity contribution in [3.8, 4) is 0 Å². The lowest BCUT2D eigenvalue weighted by molar-refractivity contribution is 0.426. The molecule has 2 N–H and O–H groups in total. The molecule has 0 aliphatic carbocycles. The van der Waals surface area contributed by atoms with Crippen molar-refractivity contribution < 1.29 is 10.0 Å². The zero-order valence-corrected chi connectivity index (χ0v) is 9.83. The third-order valence-electron chi connectivity index (χ3n) is 2.60. The van der Waals surface area contributed by atoms with E-state index in [0.717, 1.165) is 17.2 Å². The molecule has 2 aromatic rings. The van der Waals surface area contributed by atoms with Crippen molar-refractivity contribution in [1.29, 1.82) is 0 Å². The van der Waals surface area contributed by atoms with Crippen LogP contribution in [0.4, 0.5) is 0 Å². The Hall–Kier alpha value is -1.66. The summed E-state index contributed by atoms with van der Waals surface area (Å²) in [6, 6.07) is 7.12. The van der Waals surface area contributed by atoms with Crippen molar-refractivity contribution in [2.45, 2.75) is 13.3 Å². The summed E-state index contributed by atoms with van der Waals surface area (Å²) in [5.74, 6) is 1.64. The van der Waals surface area contributed by atoms with Crippen LogP contribution < -0.4 is 5.46 Å². The van der Waals surface area contributed by atoms with Crippen LogP contribution in [0.1, 0.15) is 17.2 Å². The smallest absolute Gasteiger partial charge is 0.423 e. The van der Waals surface area contributed by atoms with E-state index in [2.05, 4.69) is 10.1 Å². The summed E-state index contributed by atoms with van der Waals surface area (Å²) in [6.45, 7) is 1.86. The Morgan fingerprint density at radius 3 is 2.35 bits per heavy atom. The lowest BCUT2D eigenvalue weighted by Crippen LogP contribution is -2.29. The number of benzene rings is 1. The molecule has 0 saturated heterocycles. The summed E-state index contributed by atoms with van der Waals surface area (Å²) in [7, 11) is 0.447. The first-order valence-corrected chi connectivity index (χ1v) is 5.38. The molecular formula is C11H14BN3O2. The zero-order valence-electron chi connectivity index (χ0n) is 9.83. The van der Waals surface area contributed by atoms with E-state index in [9.17, 15) is 0 Å². The van der Waals surface area contributed by atoms with E-state index in [0.29, 0.717) is 11.9 Å². The molecule has 1 aromatic heterocycles. The van der Waals surface area contributed by atoms with Crippen LogP contribution in [-0.4, -0.2) is 31.9 Å². The predicted molar refractivity (Wildman–Crippen MR) is 64.8 cm³/mol. The van der Waals surface area contributed by atoms with Crippen LogP contribution in [0.5, 0.6) is 0 Å². The molecule has 5 nitrogen and oxygen atoms in total. The first-order valence-electron chi connectivity index (χ1n) is 5.38. The summed E-state index contributed by atoms with van der Waals surface area (Å²) >= 11 is 0. The van der Waals surface area contributed by atoms with E-state index in [1.54, 1.807) is 16.8 Å². The fourth-order valence-electron chi connectivity index (χ4n) is 1.70. The fraction of sp³-hybridized carbons (Fsp3) is 0.273. The van der Waals surface area contributed by atoms with E-state index in [1.807, 2.05) is 26.1 Å². The molecule has 1 aromatic carbocycles. The average Bonchev–Trinajstić information content (AvgIpc) is 2.58. The third-order valence-corrected chi connectivity index (χ3v) is 2.60. The Labute approximate surface area is 99.9 Å². The van der Waals surface area contributed by atoms with Crippen LogP contribution >= 0.6 is 0 Å². The summed E-state index contributed by atoms with van der Waals surface area (Å²) in [4.78, 5) is 4.32. The minimum atomic E-state index is -1.42. The topological polar surface area (TPSA) is 71.2 Å². The standard InChI is InChI=1S/C11H14BN3O2/c1-8-13-11(15(2)14-8)7-9-3-5-10(6-4-9)12(16)17/h3-6,16-17H,7H2,1-2H3. The molecule has 0 unspecified atom stereocenters. The molecule has 0 amide bonds. The van der Waals surface area contributed by atoms with Gasteiger partial charge in [-0.25, -0.2) is 4.98 Å². The number of hydrogen-bond donors (Lipinski definition) is 2. The van der Waals surface area contributed by atoms with Crippen LogP contribution in [0.25, 0.3) is 0 Å². The molecule has 0 spiro atoms. The molecule has 0 aliphatic heterocycles. The largest absolute Gasteiger partial charge is 0.488 e. The van der Waals surface area contributed by atoms with Gasteiger partial charge in [0.25, 0.3) is 0 Å². The fourth-order valence-corrected chi connectivity index (χ4v) is 1.70. The zero-order chi connectivity index (χ0) is 12.4. The molecule has 0 fully saturated rings. The monoisotopic (exact) mass is 231 g/mol. The quantitative estimate of drug-likeness (QED) is 0.691. The minimum Gasteiger partial charge on any atom is -0.423 e. The van der Waals surface area contributed by atoms with Crippen LogP contribution in [0.3, 0.4) is 0 Å². The Kier molecular flexibility index (Phi) is 3.26. The van der Waals surface area contributed by atoms with Gasteiger partial charge in [-0.05, 0) is 17.9 Å². The number of aryl methyl sites for hydroxylation is 2. The second-order valence-corrected chi connectivity index (χ2v) is 3.99. The lowest BCUT2D eigenvalue weighted by atomic mass is 9.80. The second-order valence-electron chi connectivity index (χ2n) is 3.99. The predicted octanol–water partition coefficient (Wildman–Crippen LogP) is -0.606. The summed E-state index contributed by atoms with van der Waals surface area (Å²) < 4.78 is 1.75. The van der Waals surface area contributed by atoms with E-state index < -0.39 is 7.12 Å². The highest BCUT2D eigenvalue weighted by atomic mass is 16.4. The molecule has 0 aliphatic rings. The van der Waals surface area contributed by atoms with Crippen molar-refractivity contribution in [1.82, 2.24) is 14.8 Å². The molecule has 6 heteroatoms. The summed E-state index contributed by atoms with van der Waals surface area (Å²) in [5.41, 5.74) is 1.55. The van der Waals surface area contributed by atoms with Gasteiger partial charge in [-0.3, -0.25) is 4.68 Å². The molecule has 0 atom stereocenters. The van der Waals surface area contributed by atoms with Gasteiger partial charge in [0.15, 0.2) is 0 Å². The number of hydrogen-bond acceptors (Lipinski definition) is 4.